The number of benzene rings is 1. The Morgan fingerprint density at radius 1 is 1.06 bits per heavy atom. The molecule has 0 amide bonds. The fourth-order valence-electron chi connectivity index (χ4n) is 1.30. The van der Waals surface area contributed by atoms with Crippen LogP contribution in [0.5, 0.6) is 0 Å². The monoisotopic (exact) mass is 268 g/mol. The predicted molar refractivity (Wildman–Crippen MR) is 63.2 cm³/mol. The van der Waals surface area contributed by atoms with Crippen LogP contribution >= 0.6 is 11.3 Å². The van der Waals surface area contributed by atoms with Gasteiger partial charge < -0.3 is 5.11 Å². The van der Waals surface area contributed by atoms with Gasteiger partial charge in [0.15, 0.2) is 0 Å². The Morgan fingerprint density at radius 2 is 1.71 bits per heavy atom. The van der Waals surface area contributed by atoms with Crippen molar-refractivity contribution < 1.29 is 18.3 Å². The molecule has 0 radical (unpaired) electrons. The van der Waals surface area contributed by atoms with Gasteiger partial charge >= 0.3 is 5.97 Å². The number of carboxylic acid groups (broad SMARTS) is 1. The van der Waals surface area contributed by atoms with Crippen molar-refractivity contribution in [3.63, 3.8) is 0 Å². The third kappa shape index (κ3) is 2.22. The summed E-state index contributed by atoms with van der Waals surface area (Å²) in [6.45, 7) is 0. The number of thiophene rings is 1. The van der Waals surface area contributed by atoms with E-state index in [4.69, 9.17) is 5.11 Å². The van der Waals surface area contributed by atoms with Gasteiger partial charge in [0, 0.05) is 0 Å². The maximum atomic E-state index is 12.1. The van der Waals surface area contributed by atoms with Crippen molar-refractivity contribution in [1.29, 1.82) is 0 Å². The topological polar surface area (TPSA) is 71.4 Å². The van der Waals surface area contributed by atoms with Gasteiger partial charge in [0.2, 0.25) is 9.84 Å². The zero-order chi connectivity index (χ0) is 12.5. The maximum Gasteiger partial charge on any atom is 0.345 e. The van der Waals surface area contributed by atoms with Crippen LogP contribution in [0.15, 0.2) is 51.6 Å². The van der Waals surface area contributed by atoms with Crippen molar-refractivity contribution in [2.75, 3.05) is 0 Å². The van der Waals surface area contributed by atoms with Gasteiger partial charge in [-0.15, -0.1) is 11.3 Å². The van der Waals surface area contributed by atoms with Gasteiger partial charge in [-0.05, 0) is 24.3 Å². The van der Waals surface area contributed by atoms with E-state index in [2.05, 4.69) is 0 Å². The summed E-state index contributed by atoms with van der Waals surface area (Å²) < 4.78 is 24.2. The summed E-state index contributed by atoms with van der Waals surface area (Å²) in [7, 11) is -3.60. The third-order valence-electron chi connectivity index (χ3n) is 2.11. The quantitative estimate of drug-likeness (QED) is 0.927. The van der Waals surface area contributed by atoms with Crippen LogP contribution in [0, 0.1) is 0 Å². The highest BCUT2D eigenvalue weighted by Crippen LogP contribution is 2.27. The number of carbonyl (C=O) groups is 1. The van der Waals surface area contributed by atoms with E-state index < -0.39 is 15.8 Å². The molecule has 2 aromatic rings. The average Bonchev–Trinajstić information content (AvgIpc) is 2.80. The third-order valence-corrected chi connectivity index (χ3v) is 5.45. The molecule has 1 heterocycles. The molecular formula is C11H8O4S2. The zero-order valence-electron chi connectivity index (χ0n) is 8.53. The summed E-state index contributed by atoms with van der Waals surface area (Å²) >= 11 is 0.755. The largest absolute Gasteiger partial charge is 0.477 e. The number of hydrogen-bond donors (Lipinski definition) is 1. The van der Waals surface area contributed by atoms with Crippen molar-refractivity contribution in [3.8, 4) is 0 Å². The lowest BCUT2D eigenvalue weighted by atomic mass is 10.4. The fourth-order valence-corrected chi connectivity index (χ4v) is 3.86. The fraction of sp³-hybridized carbons (Fsp3) is 0. The Labute approximate surface area is 102 Å². The Hall–Kier alpha value is -1.66. The molecule has 4 nitrogen and oxygen atoms in total. The van der Waals surface area contributed by atoms with Crippen LogP contribution in [-0.2, 0) is 9.84 Å². The molecule has 0 atom stereocenters. The number of rotatable bonds is 3. The molecule has 88 valence electrons. The smallest absolute Gasteiger partial charge is 0.345 e. The van der Waals surface area contributed by atoms with Gasteiger partial charge in [0.25, 0.3) is 0 Å². The van der Waals surface area contributed by atoms with E-state index in [-0.39, 0.29) is 14.0 Å². The molecule has 0 saturated heterocycles. The van der Waals surface area contributed by atoms with Crippen LogP contribution in [-0.4, -0.2) is 19.5 Å². The number of aromatic carboxylic acids is 1. The van der Waals surface area contributed by atoms with Crippen LogP contribution in [0.3, 0.4) is 0 Å². The molecule has 1 aromatic heterocycles. The Morgan fingerprint density at radius 3 is 2.24 bits per heavy atom. The van der Waals surface area contributed by atoms with Crippen molar-refractivity contribution >= 4 is 27.1 Å². The highest BCUT2D eigenvalue weighted by Gasteiger charge is 2.20. The van der Waals surface area contributed by atoms with Gasteiger partial charge in [-0.3, -0.25) is 0 Å². The molecule has 0 unspecified atom stereocenters. The number of sulfone groups is 1. The van der Waals surface area contributed by atoms with E-state index in [0.29, 0.717) is 0 Å². The molecule has 1 aromatic carbocycles. The normalized spacial score (nSPS) is 11.3. The summed E-state index contributed by atoms with van der Waals surface area (Å²) in [5.41, 5.74) is 0. The maximum absolute atomic E-state index is 12.1. The lowest BCUT2D eigenvalue weighted by molar-refractivity contribution is 0.0702. The van der Waals surface area contributed by atoms with E-state index in [0.717, 1.165) is 11.3 Å². The first-order chi connectivity index (χ1) is 8.01. The lowest BCUT2D eigenvalue weighted by Crippen LogP contribution is -1.98. The second-order valence-electron chi connectivity index (χ2n) is 3.24. The molecule has 2 rings (SSSR count). The first kappa shape index (κ1) is 11.8. The molecule has 0 fully saturated rings. The first-order valence-electron chi connectivity index (χ1n) is 4.65. The molecule has 0 saturated carbocycles. The molecule has 6 heteroatoms. The Kier molecular flexibility index (Phi) is 2.99. The minimum absolute atomic E-state index is 0.0134. The average molecular weight is 268 g/mol. The van der Waals surface area contributed by atoms with E-state index in [9.17, 15) is 13.2 Å². The number of carboxylic acids is 1. The van der Waals surface area contributed by atoms with Crippen molar-refractivity contribution in [2.45, 2.75) is 9.10 Å². The Bertz CT molecular complexity index is 641. The van der Waals surface area contributed by atoms with Gasteiger partial charge in [0.1, 0.15) is 9.09 Å². The highest BCUT2D eigenvalue weighted by atomic mass is 32.2. The van der Waals surface area contributed by atoms with Crippen LogP contribution in [0.2, 0.25) is 0 Å². The minimum atomic E-state index is -3.60. The predicted octanol–water partition coefficient (Wildman–Crippen LogP) is 2.28. The minimum Gasteiger partial charge on any atom is -0.477 e. The van der Waals surface area contributed by atoms with E-state index in [1.165, 1.54) is 24.3 Å². The van der Waals surface area contributed by atoms with Crippen molar-refractivity contribution in [2.24, 2.45) is 0 Å². The summed E-state index contributed by atoms with van der Waals surface area (Å²) in [6.07, 6.45) is 0. The first-order valence-corrected chi connectivity index (χ1v) is 6.95. The zero-order valence-corrected chi connectivity index (χ0v) is 10.2. The van der Waals surface area contributed by atoms with Gasteiger partial charge in [-0.1, -0.05) is 18.2 Å². The van der Waals surface area contributed by atoms with Crippen LogP contribution in [0.4, 0.5) is 0 Å². The van der Waals surface area contributed by atoms with E-state index in [1.54, 1.807) is 18.2 Å². The van der Waals surface area contributed by atoms with E-state index in [1.807, 2.05) is 0 Å². The molecule has 0 bridgehead atoms. The standard InChI is InChI=1S/C11H8O4S2/c12-11(13)9-6-7-10(16-9)17(14,15)8-4-2-1-3-5-8/h1-7H,(H,12,13). The van der Waals surface area contributed by atoms with Gasteiger partial charge in [-0.25, -0.2) is 13.2 Å². The molecule has 0 aliphatic heterocycles. The summed E-state index contributed by atoms with van der Waals surface area (Å²) in [6, 6.07) is 10.5. The molecular weight excluding hydrogens is 260 g/mol. The van der Waals surface area contributed by atoms with Crippen LogP contribution in [0.1, 0.15) is 9.67 Å². The van der Waals surface area contributed by atoms with Crippen molar-refractivity contribution in [1.82, 2.24) is 0 Å². The second kappa shape index (κ2) is 4.31. The molecule has 17 heavy (non-hydrogen) atoms. The van der Waals surface area contributed by atoms with Gasteiger partial charge in [-0.2, -0.15) is 0 Å². The molecule has 0 aliphatic rings. The molecule has 0 aliphatic carbocycles. The highest BCUT2D eigenvalue weighted by molar-refractivity contribution is 7.93. The lowest BCUT2D eigenvalue weighted by Gasteiger charge is -2.00. The SMILES string of the molecule is O=C(O)c1ccc(S(=O)(=O)c2ccccc2)s1. The molecule has 0 spiro atoms. The van der Waals surface area contributed by atoms with Crippen LogP contribution < -0.4 is 0 Å². The molecule has 1 N–H and O–H groups in total. The van der Waals surface area contributed by atoms with E-state index >= 15 is 0 Å². The van der Waals surface area contributed by atoms with Gasteiger partial charge in [0.05, 0.1) is 4.90 Å². The summed E-state index contributed by atoms with van der Waals surface area (Å²) in [4.78, 5) is 10.9. The second-order valence-corrected chi connectivity index (χ2v) is 6.50. The summed E-state index contributed by atoms with van der Waals surface area (Å²) in [5.74, 6) is -1.12. The number of hydrogen-bond acceptors (Lipinski definition) is 4. The Balaban J connectivity index is 2.49. The van der Waals surface area contributed by atoms with Crippen molar-refractivity contribution in [3.05, 3.63) is 47.3 Å². The summed E-state index contributed by atoms with van der Waals surface area (Å²) in [5, 5.41) is 8.75. The van der Waals surface area contributed by atoms with Crippen LogP contribution in [0.25, 0.3) is 0 Å².